The summed E-state index contributed by atoms with van der Waals surface area (Å²) in [5.74, 6) is -0.889. The van der Waals surface area contributed by atoms with Gasteiger partial charge in [0.25, 0.3) is 5.91 Å². The van der Waals surface area contributed by atoms with Crippen LogP contribution in [0.5, 0.6) is 0 Å². The molecule has 3 nitrogen and oxygen atoms in total. The Balaban J connectivity index is 2.03. The number of carbonyl (C=O) groups is 1. The van der Waals surface area contributed by atoms with E-state index < -0.39 is 11.7 Å². The van der Waals surface area contributed by atoms with Crippen LogP contribution in [-0.4, -0.2) is 12.1 Å². The smallest absolute Gasteiger partial charge is 0.267 e. The highest BCUT2D eigenvalue weighted by molar-refractivity contribution is 5.94. The SMILES string of the molecule is Cc1ccccc1/C=N/NC(=O)c1cccc(F)c1. The maximum Gasteiger partial charge on any atom is 0.271 e. The lowest BCUT2D eigenvalue weighted by molar-refractivity contribution is 0.0954. The summed E-state index contributed by atoms with van der Waals surface area (Å²) in [4.78, 5) is 11.7. The lowest BCUT2D eigenvalue weighted by Gasteiger charge is -2.01. The predicted octanol–water partition coefficient (Wildman–Crippen LogP) is 2.90. The number of benzene rings is 2. The highest BCUT2D eigenvalue weighted by atomic mass is 19.1. The van der Waals surface area contributed by atoms with E-state index in [4.69, 9.17) is 0 Å². The number of halogens is 1. The van der Waals surface area contributed by atoms with E-state index in [9.17, 15) is 9.18 Å². The normalized spacial score (nSPS) is 10.6. The number of aryl methyl sites for hydroxylation is 1. The minimum atomic E-state index is -0.449. The quantitative estimate of drug-likeness (QED) is 0.665. The van der Waals surface area contributed by atoms with Gasteiger partial charge in [-0.15, -0.1) is 0 Å². The fourth-order valence-electron chi connectivity index (χ4n) is 1.59. The van der Waals surface area contributed by atoms with Gasteiger partial charge in [-0.05, 0) is 36.2 Å². The largest absolute Gasteiger partial charge is 0.271 e. The van der Waals surface area contributed by atoms with Crippen LogP contribution in [0.1, 0.15) is 21.5 Å². The Bertz CT molecular complexity index is 623. The second-order valence-electron chi connectivity index (χ2n) is 4.07. The van der Waals surface area contributed by atoms with Gasteiger partial charge >= 0.3 is 0 Å². The van der Waals surface area contributed by atoms with Crippen LogP contribution in [0.2, 0.25) is 0 Å². The number of nitrogens with zero attached hydrogens (tertiary/aromatic N) is 1. The Morgan fingerprint density at radius 2 is 2.00 bits per heavy atom. The Morgan fingerprint density at radius 1 is 1.21 bits per heavy atom. The van der Waals surface area contributed by atoms with Crippen LogP contribution < -0.4 is 5.43 Å². The molecule has 4 heteroatoms. The molecule has 0 saturated carbocycles. The second-order valence-corrected chi connectivity index (χ2v) is 4.07. The molecule has 0 aliphatic rings. The Kier molecular flexibility index (Phi) is 4.03. The molecule has 0 aliphatic carbocycles. The van der Waals surface area contributed by atoms with Crippen LogP contribution in [-0.2, 0) is 0 Å². The molecule has 2 aromatic carbocycles. The van der Waals surface area contributed by atoms with Crippen LogP contribution in [0.3, 0.4) is 0 Å². The highest BCUT2D eigenvalue weighted by Crippen LogP contribution is 2.04. The second kappa shape index (κ2) is 5.91. The van der Waals surface area contributed by atoms with E-state index in [-0.39, 0.29) is 5.56 Å². The molecule has 0 spiro atoms. The van der Waals surface area contributed by atoms with Crippen LogP contribution in [0.4, 0.5) is 4.39 Å². The number of hydrogen-bond donors (Lipinski definition) is 1. The van der Waals surface area contributed by atoms with Crippen LogP contribution in [0.25, 0.3) is 0 Å². The number of amides is 1. The van der Waals surface area contributed by atoms with Gasteiger partial charge in [-0.25, -0.2) is 9.82 Å². The lowest BCUT2D eigenvalue weighted by atomic mass is 10.1. The van der Waals surface area contributed by atoms with Gasteiger partial charge in [0.05, 0.1) is 6.21 Å². The van der Waals surface area contributed by atoms with Gasteiger partial charge in [0.2, 0.25) is 0 Å². The third kappa shape index (κ3) is 3.48. The summed E-state index contributed by atoms with van der Waals surface area (Å²) in [6.45, 7) is 1.95. The Labute approximate surface area is 110 Å². The van der Waals surface area contributed by atoms with Gasteiger partial charge in [-0.1, -0.05) is 30.3 Å². The molecule has 0 radical (unpaired) electrons. The summed E-state index contributed by atoms with van der Waals surface area (Å²) in [6.07, 6.45) is 1.56. The van der Waals surface area contributed by atoms with E-state index in [2.05, 4.69) is 10.5 Å². The van der Waals surface area contributed by atoms with Gasteiger partial charge in [0.15, 0.2) is 0 Å². The molecule has 1 N–H and O–H groups in total. The molecule has 0 fully saturated rings. The molecular formula is C15H13FN2O. The van der Waals surface area contributed by atoms with Gasteiger partial charge in [0.1, 0.15) is 5.82 Å². The van der Waals surface area contributed by atoms with Gasteiger partial charge in [-0.3, -0.25) is 4.79 Å². The van der Waals surface area contributed by atoms with E-state index >= 15 is 0 Å². The van der Waals surface area contributed by atoms with Crippen molar-refractivity contribution < 1.29 is 9.18 Å². The molecule has 0 atom stereocenters. The fraction of sp³-hybridized carbons (Fsp3) is 0.0667. The van der Waals surface area contributed by atoms with Crippen molar-refractivity contribution in [1.29, 1.82) is 0 Å². The van der Waals surface area contributed by atoms with E-state index in [1.165, 1.54) is 24.3 Å². The van der Waals surface area contributed by atoms with Gasteiger partial charge in [-0.2, -0.15) is 5.10 Å². The summed E-state index contributed by atoms with van der Waals surface area (Å²) in [7, 11) is 0. The van der Waals surface area contributed by atoms with Gasteiger partial charge in [0, 0.05) is 5.56 Å². The van der Waals surface area contributed by atoms with Crippen molar-refractivity contribution in [2.75, 3.05) is 0 Å². The fourth-order valence-corrected chi connectivity index (χ4v) is 1.59. The average Bonchev–Trinajstić information content (AvgIpc) is 2.41. The van der Waals surface area contributed by atoms with Crippen molar-refractivity contribution >= 4 is 12.1 Å². The maximum atomic E-state index is 12.9. The predicted molar refractivity (Wildman–Crippen MR) is 72.6 cm³/mol. The Hall–Kier alpha value is -2.49. The summed E-state index contributed by atoms with van der Waals surface area (Å²) in [5, 5.41) is 3.86. The number of rotatable bonds is 3. The minimum absolute atomic E-state index is 0.238. The molecule has 0 heterocycles. The molecular weight excluding hydrogens is 243 g/mol. The van der Waals surface area contributed by atoms with Crippen molar-refractivity contribution in [2.24, 2.45) is 5.10 Å². The summed E-state index contributed by atoms with van der Waals surface area (Å²) in [5.41, 5.74) is 4.58. The van der Waals surface area contributed by atoms with E-state index in [0.717, 1.165) is 11.1 Å². The zero-order valence-corrected chi connectivity index (χ0v) is 10.4. The standard InChI is InChI=1S/C15H13FN2O/c1-11-5-2-3-6-13(11)10-17-18-15(19)12-7-4-8-14(16)9-12/h2-10H,1H3,(H,18,19)/b17-10+. The van der Waals surface area contributed by atoms with Crippen LogP contribution in [0.15, 0.2) is 53.6 Å². The molecule has 0 aromatic heterocycles. The minimum Gasteiger partial charge on any atom is -0.267 e. The first-order valence-corrected chi connectivity index (χ1v) is 5.81. The van der Waals surface area contributed by atoms with E-state index in [1.54, 1.807) is 6.21 Å². The number of hydrogen-bond acceptors (Lipinski definition) is 2. The van der Waals surface area contributed by atoms with Crippen molar-refractivity contribution in [3.8, 4) is 0 Å². The Morgan fingerprint density at radius 3 is 2.74 bits per heavy atom. The third-order valence-electron chi connectivity index (χ3n) is 2.64. The molecule has 96 valence electrons. The third-order valence-corrected chi connectivity index (χ3v) is 2.64. The molecule has 2 rings (SSSR count). The molecule has 0 unspecified atom stereocenters. The zero-order chi connectivity index (χ0) is 13.7. The number of nitrogens with one attached hydrogen (secondary N) is 1. The number of hydrazone groups is 1. The molecule has 0 bridgehead atoms. The average molecular weight is 256 g/mol. The van der Waals surface area contributed by atoms with E-state index in [1.807, 2.05) is 31.2 Å². The first kappa shape index (κ1) is 13.0. The first-order chi connectivity index (χ1) is 9.16. The van der Waals surface area contributed by atoms with Crippen molar-refractivity contribution in [3.05, 3.63) is 71.0 Å². The lowest BCUT2D eigenvalue weighted by Crippen LogP contribution is -2.17. The topological polar surface area (TPSA) is 41.5 Å². The first-order valence-electron chi connectivity index (χ1n) is 5.81. The maximum absolute atomic E-state index is 12.9. The molecule has 0 saturated heterocycles. The summed E-state index contributed by atoms with van der Waals surface area (Å²) >= 11 is 0. The molecule has 1 amide bonds. The highest BCUT2D eigenvalue weighted by Gasteiger charge is 2.04. The van der Waals surface area contributed by atoms with Crippen LogP contribution in [0, 0.1) is 12.7 Å². The van der Waals surface area contributed by atoms with Crippen LogP contribution >= 0.6 is 0 Å². The summed E-state index contributed by atoms with van der Waals surface area (Å²) < 4.78 is 12.9. The zero-order valence-electron chi connectivity index (χ0n) is 10.4. The van der Waals surface area contributed by atoms with Crippen molar-refractivity contribution in [1.82, 2.24) is 5.43 Å². The molecule has 2 aromatic rings. The molecule has 0 aliphatic heterocycles. The van der Waals surface area contributed by atoms with Crippen molar-refractivity contribution in [2.45, 2.75) is 6.92 Å². The molecule has 19 heavy (non-hydrogen) atoms. The summed E-state index contributed by atoms with van der Waals surface area (Å²) in [6, 6.07) is 13.1. The number of carbonyl (C=O) groups excluding carboxylic acids is 1. The monoisotopic (exact) mass is 256 g/mol. The van der Waals surface area contributed by atoms with Gasteiger partial charge < -0.3 is 0 Å². The van der Waals surface area contributed by atoms with E-state index in [0.29, 0.717) is 0 Å². The van der Waals surface area contributed by atoms with Crippen molar-refractivity contribution in [3.63, 3.8) is 0 Å².